The molecule has 3 nitrogen and oxygen atoms in total. The maximum absolute atomic E-state index is 11.8. The van der Waals surface area contributed by atoms with Gasteiger partial charge in [-0.25, -0.2) is 0 Å². The van der Waals surface area contributed by atoms with Crippen LogP contribution in [0.2, 0.25) is 0 Å². The van der Waals surface area contributed by atoms with Gasteiger partial charge in [0.2, 0.25) is 0 Å². The Balaban J connectivity index is 1.94. The van der Waals surface area contributed by atoms with Gasteiger partial charge in [-0.15, -0.1) is 0 Å². The van der Waals surface area contributed by atoms with Gasteiger partial charge in [-0.2, -0.15) is 11.8 Å². The Morgan fingerprint density at radius 1 is 1.60 bits per heavy atom. The summed E-state index contributed by atoms with van der Waals surface area (Å²) in [4.78, 5) is 11.8. The number of hydrogen-bond acceptors (Lipinski definition) is 4. The van der Waals surface area contributed by atoms with Crippen molar-refractivity contribution in [2.45, 2.75) is 31.3 Å². The molecule has 15 heavy (non-hydrogen) atoms. The summed E-state index contributed by atoms with van der Waals surface area (Å²) in [6, 6.07) is 0. The van der Waals surface area contributed by atoms with E-state index in [2.05, 4.69) is 0 Å². The highest BCUT2D eigenvalue weighted by molar-refractivity contribution is 7.99. The van der Waals surface area contributed by atoms with Crippen molar-refractivity contribution < 1.29 is 9.53 Å². The highest BCUT2D eigenvalue weighted by atomic mass is 32.2. The summed E-state index contributed by atoms with van der Waals surface area (Å²) in [7, 11) is 0. The number of nitrogens with two attached hydrogens (primary N) is 1. The van der Waals surface area contributed by atoms with E-state index in [1.54, 1.807) is 0 Å². The molecule has 1 spiro atoms. The fraction of sp³-hybridized carbons (Fsp3) is 0.909. The third-order valence-corrected chi connectivity index (χ3v) is 4.63. The van der Waals surface area contributed by atoms with Gasteiger partial charge in [0.05, 0.1) is 5.60 Å². The molecule has 2 aliphatic heterocycles. The van der Waals surface area contributed by atoms with Crippen molar-refractivity contribution in [3.63, 3.8) is 0 Å². The van der Waals surface area contributed by atoms with Crippen LogP contribution in [-0.2, 0) is 9.53 Å². The van der Waals surface area contributed by atoms with Crippen molar-refractivity contribution >= 4 is 17.5 Å². The molecule has 2 rings (SSSR count). The predicted molar refractivity (Wildman–Crippen MR) is 62.0 cm³/mol. The van der Waals surface area contributed by atoms with E-state index in [0.29, 0.717) is 18.7 Å². The number of hydrogen-bond donors (Lipinski definition) is 1. The van der Waals surface area contributed by atoms with Crippen molar-refractivity contribution in [3.05, 3.63) is 0 Å². The van der Waals surface area contributed by atoms with E-state index in [9.17, 15) is 4.79 Å². The number of carbonyl (C=O) groups excluding carboxylic acids is 1. The second-order valence-electron chi connectivity index (χ2n) is 4.53. The molecular weight excluding hydrogens is 210 g/mol. The van der Waals surface area contributed by atoms with Crippen LogP contribution in [0.15, 0.2) is 0 Å². The second-order valence-corrected chi connectivity index (χ2v) is 5.63. The molecule has 0 bridgehead atoms. The zero-order valence-corrected chi connectivity index (χ0v) is 9.85. The standard InChI is InChI=1S/C11H19NO2S/c12-4-1-10(13)9-2-5-14-11(7-9)3-6-15-8-11/h9H,1-8,12H2. The molecule has 2 fully saturated rings. The van der Waals surface area contributed by atoms with Gasteiger partial charge < -0.3 is 10.5 Å². The summed E-state index contributed by atoms with van der Waals surface area (Å²) in [5.74, 6) is 2.80. The molecule has 0 aromatic rings. The minimum Gasteiger partial charge on any atom is -0.374 e. The minimum atomic E-state index is 0.0256. The van der Waals surface area contributed by atoms with Crippen molar-refractivity contribution in [1.82, 2.24) is 0 Å². The van der Waals surface area contributed by atoms with E-state index in [1.807, 2.05) is 11.8 Å². The maximum Gasteiger partial charge on any atom is 0.137 e. The van der Waals surface area contributed by atoms with E-state index >= 15 is 0 Å². The van der Waals surface area contributed by atoms with Gasteiger partial charge in [-0.05, 0) is 31.6 Å². The summed E-state index contributed by atoms with van der Waals surface area (Å²) in [6.07, 6.45) is 3.47. The molecule has 2 N–H and O–H groups in total. The Hall–Kier alpha value is -0.0600. The van der Waals surface area contributed by atoms with Crippen LogP contribution in [0.1, 0.15) is 25.7 Å². The average molecular weight is 229 g/mol. The van der Waals surface area contributed by atoms with Crippen LogP contribution >= 0.6 is 11.8 Å². The first-order valence-electron chi connectivity index (χ1n) is 5.70. The lowest BCUT2D eigenvalue weighted by atomic mass is 9.82. The Morgan fingerprint density at radius 2 is 2.47 bits per heavy atom. The van der Waals surface area contributed by atoms with Gasteiger partial charge in [0.15, 0.2) is 0 Å². The molecule has 0 aliphatic carbocycles. The summed E-state index contributed by atoms with van der Waals surface area (Å²) in [5, 5.41) is 0. The maximum atomic E-state index is 11.8. The molecule has 86 valence electrons. The fourth-order valence-corrected chi connectivity index (χ4v) is 3.89. The highest BCUT2D eigenvalue weighted by Crippen LogP contribution is 2.40. The third kappa shape index (κ3) is 2.55. The van der Waals surface area contributed by atoms with E-state index in [4.69, 9.17) is 10.5 Å². The molecule has 0 aromatic heterocycles. The van der Waals surface area contributed by atoms with Crippen LogP contribution in [0.25, 0.3) is 0 Å². The number of carbonyl (C=O) groups is 1. The average Bonchev–Trinajstić information content (AvgIpc) is 2.67. The Morgan fingerprint density at radius 3 is 3.13 bits per heavy atom. The number of ketones is 1. The fourth-order valence-electron chi connectivity index (χ4n) is 2.51. The van der Waals surface area contributed by atoms with E-state index in [1.165, 1.54) is 5.75 Å². The quantitative estimate of drug-likeness (QED) is 0.790. The first-order chi connectivity index (χ1) is 7.26. The summed E-state index contributed by atoms with van der Waals surface area (Å²) >= 11 is 1.95. The molecule has 2 atom stereocenters. The Kier molecular flexibility index (Phi) is 3.69. The molecule has 0 radical (unpaired) electrons. The van der Waals surface area contributed by atoms with Gasteiger partial charge in [-0.1, -0.05) is 0 Å². The summed E-state index contributed by atoms with van der Waals surface area (Å²) in [6.45, 7) is 1.24. The number of rotatable bonds is 3. The molecule has 0 amide bonds. The number of ether oxygens (including phenoxy) is 1. The van der Waals surface area contributed by atoms with Crippen LogP contribution in [0.4, 0.5) is 0 Å². The molecular formula is C11H19NO2S. The van der Waals surface area contributed by atoms with Crippen LogP contribution < -0.4 is 5.73 Å². The smallest absolute Gasteiger partial charge is 0.137 e. The molecule has 2 unspecified atom stereocenters. The van der Waals surface area contributed by atoms with Gasteiger partial charge in [0.25, 0.3) is 0 Å². The minimum absolute atomic E-state index is 0.0256. The lowest BCUT2D eigenvalue weighted by Gasteiger charge is -2.37. The molecule has 2 saturated heterocycles. The third-order valence-electron chi connectivity index (χ3n) is 3.41. The van der Waals surface area contributed by atoms with Crippen LogP contribution in [0.5, 0.6) is 0 Å². The van der Waals surface area contributed by atoms with E-state index in [-0.39, 0.29) is 11.5 Å². The van der Waals surface area contributed by atoms with Crippen molar-refractivity contribution in [2.75, 3.05) is 24.7 Å². The Bertz CT molecular complexity index is 239. The number of thioether (sulfide) groups is 1. The van der Waals surface area contributed by atoms with Gasteiger partial charge in [0.1, 0.15) is 5.78 Å². The second kappa shape index (κ2) is 4.85. The molecule has 2 aliphatic rings. The first-order valence-corrected chi connectivity index (χ1v) is 6.86. The van der Waals surface area contributed by atoms with Gasteiger partial charge >= 0.3 is 0 Å². The van der Waals surface area contributed by atoms with E-state index in [0.717, 1.165) is 31.6 Å². The topological polar surface area (TPSA) is 52.3 Å². The van der Waals surface area contributed by atoms with Gasteiger partial charge in [-0.3, -0.25) is 4.79 Å². The van der Waals surface area contributed by atoms with Crippen LogP contribution in [0, 0.1) is 5.92 Å². The molecule has 0 aromatic carbocycles. The lowest BCUT2D eigenvalue weighted by Crippen LogP contribution is -2.42. The zero-order chi connectivity index (χ0) is 10.7. The zero-order valence-electron chi connectivity index (χ0n) is 9.04. The SMILES string of the molecule is NCCC(=O)C1CCOC2(CCSC2)C1. The van der Waals surface area contributed by atoms with E-state index < -0.39 is 0 Å². The largest absolute Gasteiger partial charge is 0.374 e. The van der Waals surface area contributed by atoms with Crippen LogP contribution in [-0.4, -0.2) is 36.0 Å². The molecule has 2 heterocycles. The molecule has 4 heteroatoms. The molecule has 0 saturated carbocycles. The van der Waals surface area contributed by atoms with Crippen LogP contribution in [0.3, 0.4) is 0 Å². The lowest BCUT2D eigenvalue weighted by molar-refractivity contribution is -0.133. The predicted octanol–water partition coefficient (Wildman–Crippen LogP) is 1.21. The summed E-state index contributed by atoms with van der Waals surface area (Å²) < 4.78 is 5.88. The highest BCUT2D eigenvalue weighted by Gasteiger charge is 2.41. The summed E-state index contributed by atoms with van der Waals surface area (Å²) in [5.41, 5.74) is 5.45. The van der Waals surface area contributed by atoms with Crippen molar-refractivity contribution in [3.8, 4) is 0 Å². The van der Waals surface area contributed by atoms with Gasteiger partial charge in [0, 0.05) is 24.7 Å². The Labute approximate surface area is 95.1 Å². The monoisotopic (exact) mass is 229 g/mol. The van der Waals surface area contributed by atoms with Crippen molar-refractivity contribution in [2.24, 2.45) is 11.7 Å². The normalized spacial score (nSPS) is 35.9. The van der Waals surface area contributed by atoms with Crippen molar-refractivity contribution in [1.29, 1.82) is 0 Å². The number of Topliss-reactive ketones (excluding diaryl/α,β-unsaturated/α-hetero) is 1. The first kappa shape index (κ1) is 11.4.